The number of hydrogen-bond donors (Lipinski definition) is 1. The molecule has 0 amide bonds. The summed E-state index contributed by atoms with van der Waals surface area (Å²) in [4.78, 5) is 0. The van der Waals surface area contributed by atoms with Crippen LogP contribution in [0.5, 0.6) is 5.75 Å². The lowest BCUT2D eigenvalue weighted by Crippen LogP contribution is -2.12. The van der Waals surface area contributed by atoms with Crippen LogP contribution in [0.15, 0.2) is 24.3 Å². The van der Waals surface area contributed by atoms with E-state index in [9.17, 15) is 0 Å². The van der Waals surface area contributed by atoms with Crippen molar-refractivity contribution in [3.8, 4) is 17.6 Å². The van der Waals surface area contributed by atoms with E-state index in [2.05, 4.69) is 32.6 Å². The van der Waals surface area contributed by atoms with Crippen LogP contribution in [0, 0.1) is 17.3 Å². The van der Waals surface area contributed by atoms with Crippen LogP contribution in [-0.2, 0) is 4.74 Å². The predicted molar refractivity (Wildman–Crippen MR) is 80.8 cm³/mol. The lowest BCUT2D eigenvalue weighted by atomic mass is 9.93. The summed E-state index contributed by atoms with van der Waals surface area (Å²) < 4.78 is 11.1. The Balaban J connectivity index is 2.25. The van der Waals surface area contributed by atoms with E-state index in [-0.39, 0.29) is 6.61 Å². The van der Waals surface area contributed by atoms with E-state index < -0.39 is 0 Å². The highest BCUT2D eigenvalue weighted by Gasteiger charge is 2.08. The van der Waals surface area contributed by atoms with Gasteiger partial charge in [-0.05, 0) is 30.0 Å². The summed E-state index contributed by atoms with van der Waals surface area (Å²) in [5, 5.41) is 8.66. The molecule has 0 aromatic heterocycles. The third-order valence-corrected chi connectivity index (χ3v) is 2.64. The Hall–Kier alpha value is -1.50. The lowest BCUT2D eigenvalue weighted by Gasteiger charge is -2.17. The first-order valence-corrected chi connectivity index (χ1v) is 6.91. The van der Waals surface area contributed by atoms with Crippen molar-refractivity contribution in [3.05, 3.63) is 29.8 Å². The van der Waals surface area contributed by atoms with Gasteiger partial charge in [0.15, 0.2) is 0 Å². The van der Waals surface area contributed by atoms with Gasteiger partial charge >= 0.3 is 0 Å². The molecular weight excluding hydrogens is 252 g/mol. The van der Waals surface area contributed by atoms with Gasteiger partial charge in [0.2, 0.25) is 0 Å². The third kappa shape index (κ3) is 7.83. The number of aliphatic hydroxyl groups is 1. The molecule has 0 saturated carbocycles. The van der Waals surface area contributed by atoms with E-state index in [1.54, 1.807) is 0 Å². The highest BCUT2D eigenvalue weighted by Crippen LogP contribution is 2.17. The van der Waals surface area contributed by atoms with Crippen LogP contribution in [0.1, 0.15) is 32.8 Å². The SMILES string of the molecule is CC(C)(C)CCOCCOc1cccc(C#CCO)c1. The minimum Gasteiger partial charge on any atom is -0.491 e. The van der Waals surface area contributed by atoms with E-state index in [0.29, 0.717) is 18.6 Å². The number of benzene rings is 1. The van der Waals surface area contributed by atoms with Crippen molar-refractivity contribution in [3.63, 3.8) is 0 Å². The van der Waals surface area contributed by atoms with Gasteiger partial charge in [-0.3, -0.25) is 0 Å². The molecule has 0 bridgehead atoms. The van der Waals surface area contributed by atoms with Gasteiger partial charge in [-0.2, -0.15) is 0 Å². The molecule has 1 aromatic rings. The molecule has 3 heteroatoms. The first-order valence-electron chi connectivity index (χ1n) is 6.91. The standard InChI is InChI=1S/C17H24O3/c1-17(2,3)9-11-19-12-13-20-16-8-4-6-15(14-16)7-5-10-18/h4,6,8,14,18H,9-13H2,1-3H3. The minimum atomic E-state index is -0.132. The second-order valence-corrected chi connectivity index (χ2v) is 5.76. The van der Waals surface area contributed by atoms with Gasteiger partial charge in [-0.15, -0.1) is 0 Å². The number of aliphatic hydroxyl groups excluding tert-OH is 1. The van der Waals surface area contributed by atoms with Crippen LogP contribution in [0.4, 0.5) is 0 Å². The van der Waals surface area contributed by atoms with Crippen molar-refractivity contribution in [1.29, 1.82) is 0 Å². The van der Waals surface area contributed by atoms with E-state index >= 15 is 0 Å². The number of hydrogen-bond acceptors (Lipinski definition) is 3. The second kappa shape index (κ2) is 8.63. The summed E-state index contributed by atoms with van der Waals surface area (Å²) in [6, 6.07) is 7.52. The van der Waals surface area contributed by atoms with Crippen LogP contribution >= 0.6 is 0 Å². The molecule has 1 aromatic carbocycles. The quantitative estimate of drug-likeness (QED) is 0.641. The Morgan fingerprint density at radius 3 is 2.65 bits per heavy atom. The molecule has 0 spiro atoms. The first kappa shape index (κ1) is 16.6. The first-order chi connectivity index (χ1) is 9.51. The molecule has 20 heavy (non-hydrogen) atoms. The van der Waals surface area contributed by atoms with E-state index in [4.69, 9.17) is 14.6 Å². The Kier molecular flexibility index (Phi) is 7.14. The third-order valence-electron chi connectivity index (χ3n) is 2.64. The topological polar surface area (TPSA) is 38.7 Å². The maximum atomic E-state index is 8.66. The van der Waals surface area contributed by atoms with Gasteiger partial charge < -0.3 is 14.6 Å². The zero-order valence-electron chi connectivity index (χ0n) is 12.6. The Morgan fingerprint density at radius 1 is 1.15 bits per heavy atom. The molecular formula is C17H24O3. The van der Waals surface area contributed by atoms with Crippen LogP contribution < -0.4 is 4.74 Å². The molecule has 1 N–H and O–H groups in total. The molecule has 110 valence electrons. The molecule has 0 atom stereocenters. The van der Waals surface area contributed by atoms with Gasteiger partial charge in [-0.25, -0.2) is 0 Å². The summed E-state index contributed by atoms with van der Waals surface area (Å²) in [5.74, 6) is 6.24. The molecule has 3 nitrogen and oxygen atoms in total. The fraction of sp³-hybridized carbons (Fsp3) is 0.529. The van der Waals surface area contributed by atoms with Gasteiger partial charge in [-0.1, -0.05) is 38.7 Å². The van der Waals surface area contributed by atoms with Crippen molar-refractivity contribution < 1.29 is 14.6 Å². The fourth-order valence-corrected chi connectivity index (χ4v) is 1.50. The van der Waals surface area contributed by atoms with E-state index in [0.717, 1.165) is 24.3 Å². The normalized spacial score (nSPS) is 10.8. The molecule has 0 aliphatic heterocycles. The molecule has 0 unspecified atom stereocenters. The highest BCUT2D eigenvalue weighted by molar-refractivity contribution is 5.39. The van der Waals surface area contributed by atoms with Crippen molar-refractivity contribution >= 4 is 0 Å². The van der Waals surface area contributed by atoms with E-state index in [1.807, 2.05) is 24.3 Å². The average Bonchev–Trinajstić information content (AvgIpc) is 2.40. The maximum absolute atomic E-state index is 8.66. The smallest absolute Gasteiger partial charge is 0.120 e. The van der Waals surface area contributed by atoms with Crippen LogP contribution in [0.25, 0.3) is 0 Å². The molecule has 0 fully saturated rings. The Bertz CT molecular complexity index is 449. The van der Waals surface area contributed by atoms with Crippen LogP contribution in [0.3, 0.4) is 0 Å². The van der Waals surface area contributed by atoms with Gasteiger partial charge in [0.25, 0.3) is 0 Å². The van der Waals surface area contributed by atoms with Gasteiger partial charge in [0.1, 0.15) is 19.0 Å². The average molecular weight is 276 g/mol. The fourth-order valence-electron chi connectivity index (χ4n) is 1.50. The molecule has 0 heterocycles. The largest absolute Gasteiger partial charge is 0.491 e. The Morgan fingerprint density at radius 2 is 1.95 bits per heavy atom. The monoisotopic (exact) mass is 276 g/mol. The molecule has 0 aliphatic carbocycles. The van der Waals surface area contributed by atoms with E-state index in [1.165, 1.54) is 0 Å². The predicted octanol–water partition coefficient (Wildman–Crippen LogP) is 2.86. The second-order valence-electron chi connectivity index (χ2n) is 5.76. The van der Waals surface area contributed by atoms with Crippen LogP contribution in [-0.4, -0.2) is 31.5 Å². The molecule has 0 radical (unpaired) electrons. The zero-order valence-corrected chi connectivity index (χ0v) is 12.6. The highest BCUT2D eigenvalue weighted by atomic mass is 16.5. The maximum Gasteiger partial charge on any atom is 0.120 e. The molecule has 0 saturated heterocycles. The van der Waals surface area contributed by atoms with Gasteiger partial charge in [0, 0.05) is 12.2 Å². The zero-order chi connectivity index (χ0) is 14.8. The summed E-state index contributed by atoms with van der Waals surface area (Å²) in [6.07, 6.45) is 1.04. The van der Waals surface area contributed by atoms with Crippen LogP contribution in [0.2, 0.25) is 0 Å². The van der Waals surface area contributed by atoms with Crippen molar-refractivity contribution in [2.24, 2.45) is 5.41 Å². The van der Waals surface area contributed by atoms with Gasteiger partial charge in [0.05, 0.1) is 6.61 Å². The molecule has 1 rings (SSSR count). The summed E-state index contributed by atoms with van der Waals surface area (Å²) in [7, 11) is 0. The number of rotatable bonds is 6. The van der Waals surface area contributed by atoms with Crippen molar-refractivity contribution in [2.45, 2.75) is 27.2 Å². The minimum absolute atomic E-state index is 0.132. The summed E-state index contributed by atoms with van der Waals surface area (Å²) >= 11 is 0. The summed E-state index contributed by atoms with van der Waals surface area (Å²) in [6.45, 7) is 8.34. The number of ether oxygens (including phenoxy) is 2. The summed E-state index contributed by atoms with van der Waals surface area (Å²) in [5.41, 5.74) is 1.14. The Labute approximate surface area is 121 Å². The van der Waals surface area contributed by atoms with Crippen molar-refractivity contribution in [2.75, 3.05) is 26.4 Å². The lowest BCUT2D eigenvalue weighted by molar-refractivity contribution is 0.0818. The van der Waals surface area contributed by atoms with Crippen molar-refractivity contribution in [1.82, 2.24) is 0 Å². The molecule has 0 aliphatic rings.